The smallest absolute Gasteiger partial charge is 0.231 e. The van der Waals surface area contributed by atoms with Crippen LogP contribution >= 0.6 is 8.03 Å². The van der Waals surface area contributed by atoms with Crippen LogP contribution in [0, 0.1) is 13.8 Å². The first-order valence-corrected chi connectivity index (χ1v) is 8.51. The van der Waals surface area contributed by atoms with Gasteiger partial charge in [-0.2, -0.15) is 0 Å². The minimum Gasteiger partial charge on any atom is -0.231 e. The van der Waals surface area contributed by atoms with Gasteiger partial charge >= 0.3 is 13.6 Å². The zero-order chi connectivity index (χ0) is 16.1. The van der Waals surface area contributed by atoms with Gasteiger partial charge in [0.2, 0.25) is 0 Å². The molecule has 0 N–H and O–H groups in total. The van der Waals surface area contributed by atoms with Crippen molar-refractivity contribution in [2.45, 2.75) is 33.3 Å². The van der Waals surface area contributed by atoms with E-state index in [1.54, 1.807) is 24.3 Å². The summed E-state index contributed by atoms with van der Waals surface area (Å²) in [5.41, 5.74) is 3.19. The van der Waals surface area contributed by atoms with Gasteiger partial charge in [-0.25, -0.2) is 4.79 Å². The van der Waals surface area contributed by atoms with Crippen LogP contribution in [0.4, 0.5) is 0 Å². The zero-order valence-electron chi connectivity index (χ0n) is 13.1. The summed E-state index contributed by atoms with van der Waals surface area (Å²) in [7, 11) is -2.40. The molecule has 0 spiro atoms. The molecule has 22 heavy (non-hydrogen) atoms. The van der Waals surface area contributed by atoms with Gasteiger partial charge in [0.05, 0.1) is 5.56 Å². The van der Waals surface area contributed by atoms with Crippen LogP contribution in [-0.4, -0.2) is 5.52 Å². The van der Waals surface area contributed by atoms with Gasteiger partial charge in [0.15, 0.2) is 0 Å². The molecule has 0 fully saturated rings. The molecule has 114 valence electrons. The SMILES string of the molecule is CCC(O[P+](=O)C(=O)c1ccccc1)c1ccc(C)cc1C. The Kier molecular flexibility index (Phi) is 5.59. The van der Waals surface area contributed by atoms with Crippen LogP contribution in [0.2, 0.25) is 0 Å². The third kappa shape index (κ3) is 3.88. The second-order valence-electron chi connectivity index (χ2n) is 5.29. The van der Waals surface area contributed by atoms with Gasteiger partial charge in [0, 0.05) is 0 Å². The van der Waals surface area contributed by atoms with Gasteiger partial charge in [-0.15, -0.1) is 4.52 Å². The first-order valence-electron chi connectivity index (χ1n) is 7.33. The molecule has 3 nitrogen and oxygen atoms in total. The van der Waals surface area contributed by atoms with Crippen molar-refractivity contribution >= 4 is 13.6 Å². The molecule has 4 heteroatoms. The van der Waals surface area contributed by atoms with E-state index >= 15 is 0 Å². The monoisotopic (exact) mass is 315 g/mol. The predicted octanol–water partition coefficient (Wildman–Crippen LogP) is 5.35. The van der Waals surface area contributed by atoms with E-state index in [1.165, 1.54) is 5.56 Å². The largest absolute Gasteiger partial charge is 0.593 e. The molecule has 0 radical (unpaired) electrons. The zero-order valence-corrected chi connectivity index (χ0v) is 14.0. The van der Waals surface area contributed by atoms with Gasteiger partial charge in [-0.3, -0.25) is 0 Å². The Morgan fingerprint density at radius 1 is 1.14 bits per heavy atom. The third-order valence-corrected chi connectivity index (χ3v) is 4.59. The van der Waals surface area contributed by atoms with Crippen molar-refractivity contribution in [1.82, 2.24) is 0 Å². The van der Waals surface area contributed by atoms with Gasteiger partial charge in [0.25, 0.3) is 0 Å². The van der Waals surface area contributed by atoms with Gasteiger partial charge in [-0.05, 0) is 48.1 Å². The Morgan fingerprint density at radius 3 is 2.41 bits per heavy atom. The standard InChI is InChI=1S/C18H20O3P/c1-4-17(16-11-10-13(2)12-14(16)3)21-22(20)18(19)15-8-6-5-7-9-15/h5-12,17H,4H2,1-3H3/q+1. The maximum absolute atomic E-state index is 12.2. The first-order chi connectivity index (χ1) is 10.5. The van der Waals surface area contributed by atoms with Crippen molar-refractivity contribution in [3.8, 4) is 0 Å². The maximum atomic E-state index is 12.2. The molecule has 0 heterocycles. The number of aryl methyl sites for hydroxylation is 2. The summed E-state index contributed by atoms with van der Waals surface area (Å²) < 4.78 is 17.8. The molecule has 0 saturated carbocycles. The van der Waals surface area contributed by atoms with Crippen LogP contribution in [0.1, 0.15) is 46.5 Å². The van der Waals surface area contributed by atoms with E-state index in [0.717, 1.165) is 11.1 Å². The fourth-order valence-corrected chi connectivity index (χ4v) is 3.34. The summed E-state index contributed by atoms with van der Waals surface area (Å²) in [4.78, 5) is 12.2. The number of carbonyl (C=O) groups excluding carboxylic acids is 1. The average Bonchev–Trinajstić information content (AvgIpc) is 2.53. The molecular formula is C18H20O3P+. The van der Waals surface area contributed by atoms with Crippen molar-refractivity contribution < 1.29 is 13.9 Å². The highest BCUT2D eigenvalue weighted by molar-refractivity contribution is 7.60. The summed E-state index contributed by atoms with van der Waals surface area (Å²) in [5.74, 6) is 0. The number of rotatable bonds is 6. The fourth-order valence-electron chi connectivity index (χ4n) is 2.39. The molecule has 0 aromatic heterocycles. The molecule has 0 amide bonds. The number of benzene rings is 2. The molecule has 0 saturated heterocycles. The molecule has 2 aromatic rings. The summed E-state index contributed by atoms with van der Waals surface area (Å²) in [6, 6.07) is 14.7. The lowest BCUT2D eigenvalue weighted by atomic mass is 10.00. The second kappa shape index (κ2) is 7.44. The van der Waals surface area contributed by atoms with E-state index < -0.39 is 13.6 Å². The number of carbonyl (C=O) groups is 1. The van der Waals surface area contributed by atoms with Gasteiger partial charge in [0.1, 0.15) is 6.10 Å². The van der Waals surface area contributed by atoms with E-state index in [2.05, 4.69) is 6.07 Å². The Hall–Kier alpha value is -1.83. The van der Waals surface area contributed by atoms with Crippen LogP contribution < -0.4 is 0 Å². The molecule has 2 rings (SSSR count). The summed E-state index contributed by atoms with van der Waals surface area (Å²) in [5, 5.41) is 0. The number of hydrogen-bond acceptors (Lipinski definition) is 3. The van der Waals surface area contributed by atoms with Crippen LogP contribution in [0.3, 0.4) is 0 Å². The van der Waals surface area contributed by atoms with E-state index in [9.17, 15) is 9.36 Å². The normalized spacial score (nSPS) is 12.8. The van der Waals surface area contributed by atoms with Crippen LogP contribution in [-0.2, 0) is 9.09 Å². The quantitative estimate of drug-likeness (QED) is 0.674. The molecule has 2 aromatic carbocycles. The summed E-state index contributed by atoms with van der Waals surface area (Å²) in [6.45, 7) is 5.98. The van der Waals surface area contributed by atoms with Crippen molar-refractivity contribution in [3.05, 3.63) is 70.8 Å². The minimum atomic E-state index is -2.40. The summed E-state index contributed by atoms with van der Waals surface area (Å²) in [6.07, 6.45) is 0.324. The Bertz CT molecular complexity index is 680. The Labute approximate surface area is 132 Å². The van der Waals surface area contributed by atoms with Crippen molar-refractivity contribution in [3.63, 3.8) is 0 Å². The van der Waals surface area contributed by atoms with Crippen molar-refractivity contribution in [2.75, 3.05) is 0 Å². The van der Waals surface area contributed by atoms with Crippen molar-refractivity contribution in [2.24, 2.45) is 0 Å². The minimum absolute atomic E-state index is 0.336. The topological polar surface area (TPSA) is 43.4 Å². The van der Waals surface area contributed by atoms with E-state index in [1.807, 2.05) is 39.0 Å². The second-order valence-corrected chi connectivity index (χ2v) is 6.42. The lowest BCUT2D eigenvalue weighted by molar-refractivity contribution is 0.104. The molecule has 0 aliphatic carbocycles. The van der Waals surface area contributed by atoms with Crippen LogP contribution in [0.5, 0.6) is 0 Å². The Balaban J connectivity index is 2.16. The first kappa shape index (κ1) is 16.5. The van der Waals surface area contributed by atoms with E-state index in [-0.39, 0.29) is 6.10 Å². The Morgan fingerprint density at radius 2 is 1.82 bits per heavy atom. The molecule has 2 unspecified atom stereocenters. The van der Waals surface area contributed by atoms with Gasteiger partial charge in [-0.1, -0.05) is 48.9 Å². The average molecular weight is 315 g/mol. The predicted molar refractivity (Wildman–Crippen MR) is 88.4 cm³/mol. The van der Waals surface area contributed by atoms with Crippen molar-refractivity contribution in [1.29, 1.82) is 0 Å². The molecule has 2 atom stereocenters. The summed E-state index contributed by atoms with van der Waals surface area (Å²) >= 11 is 0. The van der Waals surface area contributed by atoms with Gasteiger partial charge < -0.3 is 0 Å². The molecule has 0 bridgehead atoms. The van der Waals surface area contributed by atoms with E-state index in [0.29, 0.717) is 12.0 Å². The highest BCUT2D eigenvalue weighted by Crippen LogP contribution is 2.38. The lowest BCUT2D eigenvalue weighted by Gasteiger charge is -2.12. The van der Waals surface area contributed by atoms with Crippen LogP contribution in [0.15, 0.2) is 48.5 Å². The lowest BCUT2D eigenvalue weighted by Crippen LogP contribution is -2.04. The molecule has 0 aliphatic heterocycles. The fraction of sp³-hybridized carbons (Fsp3) is 0.278. The van der Waals surface area contributed by atoms with Crippen LogP contribution in [0.25, 0.3) is 0 Å². The highest BCUT2D eigenvalue weighted by atomic mass is 31.1. The maximum Gasteiger partial charge on any atom is 0.593 e. The molecule has 0 aliphatic rings. The number of hydrogen-bond donors (Lipinski definition) is 0. The molecular weight excluding hydrogens is 295 g/mol. The highest BCUT2D eigenvalue weighted by Gasteiger charge is 2.36. The third-order valence-electron chi connectivity index (χ3n) is 3.55. The van der Waals surface area contributed by atoms with E-state index in [4.69, 9.17) is 4.52 Å².